The highest BCUT2D eigenvalue weighted by atomic mass is 35.5. The third-order valence-corrected chi connectivity index (χ3v) is 6.49. The molecule has 7 nitrogen and oxygen atoms in total. The van der Waals surface area contributed by atoms with Crippen LogP contribution in [0.3, 0.4) is 0 Å². The van der Waals surface area contributed by atoms with Gasteiger partial charge in [0.15, 0.2) is 9.60 Å². The summed E-state index contributed by atoms with van der Waals surface area (Å²) in [5, 5.41) is 3.52. The SMILES string of the molecule is Cc1nc2c(sc(=S)n2Cc2ccco2)c(=O)n1CC(=O)NCCc1ccc(Cl)cc1. The maximum absolute atomic E-state index is 13.0. The Hall–Kier alpha value is -2.75. The molecule has 0 fully saturated rings. The van der Waals surface area contributed by atoms with E-state index in [1.54, 1.807) is 23.8 Å². The van der Waals surface area contributed by atoms with Gasteiger partial charge in [0.2, 0.25) is 5.91 Å². The van der Waals surface area contributed by atoms with Crippen molar-refractivity contribution in [2.45, 2.75) is 26.4 Å². The Labute approximate surface area is 191 Å². The molecule has 4 rings (SSSR count). The van der Waals surface area contributed by atoms with Gasteiger partial charge >= 0.3 is 0 Å². The van der Waals surface area contributed by atoms with Crippen LogP contribution in [0.25, 0.3) is 10.3 Å². The van der Waals surface area contributed by atoms with Gasteiger partial charge in [0.05, 0.1) is 12.8 Å². The second-order valence-corrected chi connectivity index (χ2v) is 9.04. The summed E-state index contributed by atoms with van der Waals surface area (Å²) in [5.41, 5.74) is 1.30. The molecule has 1 aromatic carbocycles. The van der Waals surface area contributed by atoms with Crippen molar-refractivity contribution in [1.82, 2.24) is 19.4 Å². The number of furan rings is 1. The summed E-state index contributed by atoms with van der Waals surface area (Å²) < 4.78 is 9.50. The molecule has 0 atom stereocenters. The smallest absolute Gasteiger partial charge is 0.273 e. The molecule has 3 heterocycles. The summed E-state index contributed by atoms with van der Waals surface area (Å²) in [4.78, 5) is 30.0. The highest BCUT2D eigenvalue weighted by Gasteiger charge is 2.17. The maximum atomic E-state index is 13.0. The number of carbonyl (C=O) groups is 1. The number of carbonyl (C=O) groups excluding carboxylic acids is 1. The van der Waals surface area contributed by atoms with Crippen LogP contribution in [0.4, 0.5) is 0 Å². The van der Waals surface area contributed by atoms with Crippen molar-refractivity contribution >= 4 is 51.4 Å². The van der Waals surface area contributed by atoms with Crippen molar-refractivity contribution in [2.24, 2.45) is 0 Å². The lowest BCUT2D eigenvalue weighted by Gasteiger charge is -2.11. The van der Waals surface area contributed by atoms with Crippen molar-refractivity contribution in [1.29, 1.82) is 0 Å². The maximum Gasteiger partial charge on any atom is 0.273 e. The number of benzene rings is 1. The van der Waals surface area contributed by atoms with Crippen LogP contribution in [0.1, 0.15) is 17.1 Å². The van der Waals surface area contributed by atoms with Gasteiger partial charge in [-0.15, -0.1) is 0 Å². The number of nitrogens with one attached hydrogen (secondary N) is 1. The lowest BCUT2D eigenvalue weighted by molar-refractivity contribution is -0.121. The standard InChI is InChI=1S/C21H19ClN4O3S2/c1-13-24-19-18(31-21(30)26(19)11-16-3-2-10-29-16)20(28)25(13)12-17(27)23-9-8-14-4-6-15(22)7-5-14/h2-7,10H,8-9,11-12H2,1H3,(H,23,27). The minimum absolute atomic E-state index is 0.100. The van der Waals surface area contributed by atoms with Crippen molar-refractivity contribution in [2.75, 3.05) is 6.54 Å². The Bertz CT molecular complexity index is 1340. The molecule has 0 spiro atoms. The predicted molar refractivity (Wildman–Crippen MR) is 123 cm³/mol. The molecule has 0 saturated heterocycles. The Morgan fingerprint density at radius 1 is 1.26 bits per heavy atom. The molecule has 0 aliphatic heterocycles. The molecule has 0 saturated carbocycles. The van der Waals surface area contributed by atoms with Gasteiger partial charge in [-0.2, -0.15) is 0 Å². The summed E-state index contributed by atoms with van der Waals surface area (Å²) in [6.07, 6.45) is 2.26. The van der Waals surface area contributed by atoms with Gasteiger partial charge in [0.25, 0.3) is 5.56 Å². The first-order valence-corrected chi connectivity index (χ1v) is 11.2. The lowest BCUT2D eigenvalue weighted by atomic mass is 10.1. The topological polar surface area (TPSA) is 82.1 Å². The van der Waals surface area contributed by atoms with E-state index in [2.05, 4.69) is 10.3 Å². The zero-order valence-corrected chi connectivity index (χ0v) is 19.0. The fraction of sp³-hybridized carbons (Fsp3) is 0.238. The minimum atomic E-state index is -0.273. The summed E-state index contributed by atoms with van der Waals surface area (Å²) in [5.74, 6) is 0.921. The normalized spacial score (nSPS) is 11.2. The summed E-state index contributed by atoms with van der Waals surface area (Å²) >= 11 is 12.5. The van der Waals surface area contributed by atoms with E-state index in [1.807, 2.05) is 30.3 Å². The van der Waals surface area contributed by atoms with Crippen molar-refractivity contribution in [3.05, 3.63) is 79.1 Å². The van der Waals surface area contributed by atoms with Crippen LogP contribution in [0.15, 0.2) is 51.9 Å². The molecule has 0 radical (unpaired) electrons. The molecule has 0 aliphatic carbocycles. The number of halogens is 1. The van der Waals surface area contributed by atoms with E-state index in [9.17, 15) is 9.59 Å². The highest BCUT2D eigenvalue weighted by Crippen LogP contribution is 2.20. The number of hydrogen-bond donors (Lipinski definition) is 1. The first kappa shape index (κ1) is 21.5. The third kappa shape index (κ3) is 4.79. The van der Waals surface area contributed by atoms with Crippen LogP contribution >= 0.6 is 35.2 Å². The first-order chi connectivity index (χ1) is 14.9. The van der Waals surface area contributed by atoms with Crippen molar-refractivity contribution < 1.29 is 9.21 Å². The molecule has 3 aromatic heterocycles. The van der Waals surface area contributed by atoms with Gasteiger partial charge in [-0.3, -0.25) is 18.7 Å². The van der Waals surface area contributed by atoms with Crippen molar-refractivity contribution in [3.63, 3.8) is 0 Å². The van der Waals surface area contributed by atoms with E-state index in [1.165, 1.54) is 15.9 Å². The highest BCUT2D eigenvalue weighted by molar-refractivity contribution is 7.73. The van der Waals surface area contributed by atoms with Gasteiger partial charge in [-0.05, 0) is 55.4 Å². The van der Waals surface area contributed by atoms with Gasteiger partial charge < -0.3 is 9.73 Å². The van der Waals surface area contributed by atoms with Gasteiger partial charge in [-0.1, -0.05) is 35.1 Å². The number of aryl methyl sites for hydroxylation is 1. The second kappa shape index (κ2) is 9.17. The minimum Gasteiger partial charge on any atom is -0.467 e. The van der Waals surface area contributed by atoms with Crippen LogP contribution in [0.2, 0.25) is 5.02 Å². The first-order valence-electron chi connectivity index (χ1n) is 9.56. The fourth-order valence-corrected chi connectivity index (χ4v) is 4.62. The summed E-state index contributed by atoms with van der Waals surface area (Å²) in [7, 11) is 0. The van der Waals surface area contributed by atoms with Crippen molar-refractivity contribution in [3.8, 4) is 0 Å². The van der Waals surface area contributed by atoms with E-state index >= 15 is 0 Å². The zero-order chi connectivity index (χ0) is 22.0. The molecule has 0 bridgehead atoms. The zero-order valence-electron chi connectivity index (χ0n) is 16.6. The second-order valence-electron chi connectivity index (χ2n) is 6.96. The van der Waals surface area contributed by atoms with E-state index < -0.39 is 0 Å². The third-order valence-electron chi connectivity index (χ3n) is 4.81. The number of thiazole rings is 1. The molecule has 160 valence electrons. The molecule has 1 N–H and O–H groups in total. The molecule has 0 aliphatic rings. The quantitative estimate of drug-likeness (QED) is 0.410. The van der Waals surface area contributed by atoms with E-state index in [0.717, 1.165) is 11.3 Å². The van der Waals surface area contributed by atoms with Crippen LogP contribution in [0, 0.1) is 10.9 Å². The van der Waals surface area contributed by atoms with E-state index in [4.69, 9.17) is 28.2 Å². The number of rotatable bonds is 7. The summed E-state index contributed by atoms with van der Waals surface area (Å²) in [6.45, 7) is 2.46. The van der Waals surface area contributed by atoms with Crippen LogP contribution in [-0.2, 0) is 24.3 Å². The number of fused-ring (bicyclic) bond motifs is 1. The largest absolute Gasteiger partial charge is 0.467 e. The molecule has 4 aromatic rings. The lowest BCUT2D eigenvalue weighted by Crippen LogP contribution is -2.34. The van der Waals surface area contributed by atoms with Gasteiger partial charge in [0, 0.05) is 11.6 Å². The number of amides is 1. The molecule has 1 amide bonds. The number of nitrogens with zero attached hydrogens (tertiary/aromatic N) is 3. The molecular weight excluding hydrogens is 456 g/mol. The van der Waals surface area contributed by atoms with E-state index in [0.29, 0.717) is 44.7 Å². The predicted octanol–water partition coefficient (Wildman–Crippen LogP) is 3.95. The average Bonchev–Trinajstić information content (AvgIpc) is 3.36. The molecule has 0 unspecified atom stereocenters. The summed E-state index contributed by atoms with van der Waals surface area (Å²) in [6, 6.07) is 11.1. The van der Waals surface area contributed by atoms with Gasteiger partial charge in [0.1, 0.15) is 22.8 Å². The average molecular weight is 475 g/mol. The number of hydrogen-bond acceptors (Lipinski definition) is 6. The Balaban J connectivity index is 1.50. The Kier molecular flexibility index (Phi) is 6.35. The monoisotopic (exact) mass is 474 g/mol. The number of aromatic nitrogens is 3. The molecular formula is C21H19ClN4O3S2. The molecule has 10 heteroatoms. The van der Waals surface area contributed by atoms with E-state index in [-0.39, 0.29) is 18.0 Å². The van der Waals surface area contributed by atoms with Crippen LogP contribution in [0.5, 0.6) is 0 Å². The van der Waals surface area contributed by atoms with Crippen LogP contribution < -0.4 is 10.9 Å². The van der Waals surface area contributed by atoms with Crippen LogP contribution in [-0.4, -0.2) is 26.6 Å². The Morgan fingerprint density at radius 3 is 2.74 bits per heavy atom. The fourth-order valence-electron chi connectivity index (χ4n) is 3.21. The Morgan fingerprint density at radius 2 is 2.03 bits per heavy atom. The van der Waals surface area contributed by atoms with Gasteiger partial charge in [-0.25, -0.2) is 4.98 Å². The molecule has 31 heavy (non-hydrogen) atoms.